The first kappa shape index (κ1) is 20.2. The van der Waals surface area contributed by atoms with Gasteiger partial charge in [-0.3, -0.25) is 14.4 Å². The molecular weight excluding hydrogens is 342 g/mol. The Kier molecular flexibility index (Phi) is 6.71. The normalized spacial score (nSPS) is 11.4. The van der Waals surface area contributed by atoms with E-state index in [-0.39, 0.29) is 24.1 Å². The fourth-order valence-corrected chi connectivity index (χ4v) is 2.83. The summed E-state index contributed by atoms with van der Waals surface area (Å²) in [6, 6.07) is 12.4. The van der Waals surface area contributed by atoms with E-state index < -0.39 is 6.04 Å². The van der Waals surface area contributed by atoms with E-state index in [0.29, 0.717) is 16.8 Å². The molecule has 2 aromatic carbocycles. The third-order valence-electron chi connectivity index (χ3n) is 4.33. The van der Waals surface area contributed by atoms with E-state index >= 15 is 0 Å². The van der Waals surface area contributed by atoms with Crippen molar-refractivity contribution in [3.8, 4) is 0 Å². The van der Waals surface area contributed by atoms with Crippen LogP contribution < -0.4 is 16.0 Å². The Morgan fingerprint density at radius 3 is 2.26 bits per heavy atom. The lowest BCUT2D eigenvalue weighted by Gasteiger charge is -2.19. The van der Waals surface area contributed by atoms with Crippen LogP contribution in [0.1, 0.15) is 46.4 Å². The number of aryl methyl sites for hydroxylation is 1. The molecule has 0 saturated heterocycles. The average molecular weight is 367 g/mol. The maximum atomic E-state index is 12.6. The van der Waals surface area contributed by atoms with Gasteiger partial charge in [0.15, 0.2) is 0 Å². The van der Waals surface area contributed by atoms with Crippen LogP contribution in [-0.2, 0) is 9.59 Å². The zero-order valence-electron chi connectivity index (χ0n) is 16.1. The number of rotatable bonds is 6. The second-order valence-electron chi connectivity index (χ2n) is 6.47. The van der Waals surface area contributed by atoms with Crippen LogP contribution in [0.5, 0.6) is 0 Å². The second kappa shape index (κ2) is 8.98. The summed E-state index contributed by atoms with van der Waals surface area (Å²) in [7, 11) is 1.56. The van der Waals surface area contributed by atoms with E-state index in [4.69, 9.17) is 0 Å². The molecule has 1 atom stereocenters. The minimum absolute atomic E-state index is 0.0896. The molecule has 2 aromatic rings. The average Bonchev–Trinajstić information content (AvgIpc) is 2.62. The molecule has 0 bridgehead atoms. The van der Waals surface area contributed by atoms with Crippen molar-refractivity contribution >= 4 is 23.4 Å². The van der Waals surface area contributed by atoms with Crippen molar-refractivity contribution < 1.29 is 14.4 Å². The molecule has 0 aromatic heterocycles. The van der Waals surface area contributed by atoms with E-state index in [9.17, 15) is 14.4 Å². The zero-order chi connectivity index (χ0) is 20.0. The molecule has 0 heterocycles. The molecule has 0 spiro atoms. The molecule has 6 heteroatoms. The Morgan fingerprint density at radius 2 is 1.67 bits per heavy atom. The number of benzene rings is 2. The van der Waals surface area contributed by atoms with Crippen molar-refractivity contribution in [3.05, 3.63) is 64.7 Å². The zero-order valence-corrected chi connectivity index (χ0v) is 16.1. The Balaban J connectivity index is 2.17. The predicted octanol–water partition coefficient (Wildman–Crippen LogP) is 2.87. The highest BCUT2D eigenvalue weighted by atomic mass is 16.2. The van der Waals surface area contributed by atoms with Gasteiger partial charge in [0, 0.05) is 25.2 Å². The summed E-state index contributed by atoms with van der Waals surface area (Å²) in [5.41, 5.74) is 3.74. The van der Waals surface area contributed by atoms with Gasteiger partial charge in [0.1, 0.15) is 0 Å². The van der Waals surface area contributed by atoms with Gasteiger partial charge in [0.05, 0.1) is 12.5 Å². The van der Waals surface area contributed by atoms with Crippen molar-refractivity contribution in [2.24, 2.45) is 0 Å². The van der Waals surface area contributed by atoms with Crippen LogP contribution in [0.4, 0.5) is 5.69 Å². The molecule has 6 nitrogen and oxygen atoms in total. The minimum Gasteiger partial charge on any atom is -0.355 e. The van der Waals surface area contributed by atoms with Crippen molar-refractivity contribution in [1.82, 2.24) is 10.6 Å². The summed E-state index contributed by atoms with van der Waals surface area (Å²) >= 11 is 0. The fraction of sp³-hybridized carbons (Fsp3) is 0.286. The first-order chi connectivity index (χ1) is 12.8. The van der Waals surface area contributed by atoms with Gasteiger partial charge in [-0.05, 0) is 37.1 Å². The van der Waals surface area contributed by atoms with Gasteiger partial charge in [-0.2, -0.15) is 0 Å². The highest BCUT2D eigenvalue weighted by molar-refractivity contribution is 5.99. The van der Waals surface area contributed by atoms with Gasteiger partial charge in [0.25, 0.3) is 5.91 Å². The van der Waals surface area contributed by atoms with E-state index in [0.717, 1.165) is 11.1 Å². The maximum Gasteiger partial charge on any atom is 0.251 e. The fourth-order valence-electron chi connectivity index (χ4n) is 2.83. The van der Waals surface area contributed by atoms with Gasteiger partial charge in [-0.1, -0.05) is 35.9 Å². The number of hydrogen-bond donors (Lipinski definition) is 3. The van der Waals surface area contributed by atoms with Crippen LogP contribution in [-0.4, -0.2) is 24.8 Å². The summed E-state index contributed by atoms with van der Waals surface area (Å²) in [5.74, 6) is -0.656. The van der Waals surface area contributed by atoms with Gasteiger partial charge in [-0.25, -0.2) is 0 Å². The molecule has 27 heavy (non-hydrogen) atoms. The quantitative estimate of drug-likeness (QED) is 0.734. The van der Waals surface area contributed by atoms with Crippen LogP contribution in [0.25, 0.3) is 0 Å². The van der Waals surface area contributed by atoms with Crippen LogP contribution >= 0.6 is 0 Å². The lowest BCUT2D eigenvalue weighted by molar-refractivity contribution is -0.120. The van der Waals surface area contributed by atoms with Crippen molar-refractivity contribution in [2.45, 2.75) is 33.2 Å². The monoisotopic (exact) mass is 367 g/mol. The molecule has 0 fully saturated rings. The number of hydrogen-bond acceptors (Lipinski definition) is 3. The largest absolute Gasteiger partial charge is 0.355 e. The summed E-state index contributed by atoms with van der Waals surface area (Å²) in [6.07, 6.45) is 0.0896. The number of nitrogens with one attached hydrogen (secondary N) is 3. The predicted molar refractivity (Wildman–Crippen MR) is 106 cm³/mol. The Labute approximate surface area is 159 Å². The topological polar surface area (TPSA) is 87.3 Å². The van der Waals surface area contributed by atoms with Gasteiger partial charge < -0.3 is 16.0 Å². The Morgan fingerprint density at radius 1 is 1.00 bits per heavy atom. The van der Waals surface area contributed by atoms with Crippen molar-refractivity contribution in [3.63, 3.8) is 0 Å². The number of amides is 3. The van der Waals surface area contributed by atoms with Crippen molar-refractivity contribution in [1.29, 1.82) is 0 Å². The molecule has 2 rings (SSSR count). The van der Waals surface area contributed by atoms with E-state index in [2.05, 4.69) is 16.0 Å². The SMILES string of the molecule is CNC(=O)c1cccc(NC(=O)CC(NC(C)=O)c2ccc(C)cc2)c1C. The lowest BCUT2D eigenvalue weighted by atomic mass is 10.0. The molecule has 142 valence electrons. The van der Waals surface area contributed by atoms with Crippen LogP contribution in [0, 0.1) is 13.8 Å². The molecule has 3 amide bonds. The van der Waals surface area contributed by atoms with Gasteiger partial charge in [0.2, 0.25) is 11.8 Å². The summed E-state index contributed by atoms with van der Waals surface area (Å²) < 4.78 is 0. The number of carbonyl (C=O) groups is 3. The summed E-state index contributed by atoms with van der Waals surface area (Å²) in [5, 5.41) is 8.25. The maximum absolute atomic E-state index is 12.6. The molecular formula is C21H25N3O3. The molecule has 0 saturated carbocycles. The number of carbonyl (C=O) groups excluding carboxylic acids is 3. The Bertz CT molecular complexity index is 844. The second-order valence-corrected chi connectivity index (χ2v) is 6.47. The third kappa shape index (κ3) is 5.41. The lowest BCUT2D eigenvalue weighted by Crippen LogP contribution is -2.30. The van der Waals surface area contributed by atoms with Gasteiger partial charge in [-0.15, -0.1) is 0 Å². The van der Waals surface area contributed by atoms with Crippen molar-refractivity contribution in [2.75, 3.05) is 12.4 Å². The van der Waals surface area contributed by atoms with Crippen LogP contribution in [0.15, 0.2) is 42.5 Å². The molecule has 0 aliphatic heterocycles. The molecule has 1 unspecified atom stereocenters. The first-order valence-corrected chi connectivity index (χ1v) is 8.77. The smallest absolute Gasteiger partial charge is 0.251 e. The Hall–Kier alpha value is -3.15. The summed E-state index contributed by atoms with van der Waals surface area (Å²) in [6.45, 7) is 5.19. The highest BCUT2D eigenvalue weighted by Crippen LogP contribution is 2.22. The van der Waals surface area contributed by atoms with E-state index in [1.165, 1.54) is 6.92 Å². The summed E-state index contributed by atoms with van der Waals surface area (Å²) in [4.78, 5) is 36.1. The van der Waals surface area contributed by atoms with Crippen LogP contribution in [0.3, 0.4) is 0 Å². The van der Waals surface area contributed by atoms with E-state index in [1.807, 2.05) is 31.2 Å². The molecule has 0 radical (unpaired) electrons. The molecule has 0 aliphatic carbocycles. The number of anilines is 1. The molecule has 0 aliphatic rings. The highest BCUT2D eigenvalue weighted by Gasteiger charge is 2.18. The molecule has 3 N–H and O–H groups in total. The van der Waals surface area contributed by atoms with Crippen LogP contribution in [0.2, 0.25) is 0 Å². The standard InChI is InChI=1S/C21H25N3O3/c1-13-8-10-16(11-9-13)19(23-15(3)25)12-20(26)24-18-7-5-6-17(14(18)2)21(27)22-4/h5-11,19H,12H2,1-4H3,(H,22,27)(H,23,25)(H,24,26). The van der Waals surface area contributed by atoms with E-state index in [1.54, 1.807) is 32.2 Å². The van der Waals surface area contributed by atoms with Gasteiger partial charge >= 0.3 is 0 Å². The minimum atomic E-state index is -0.425. The first-order valence-electron chi connectivity index (χ1n) is 8.77. The third-order valence-corrected chi connectivity index (χ3v) is 4.33.